The summed E-state index contributed by atoms with van der Waals surface area (Å²) in [7, 11) is 0. The van der Waals surface area contributed by atoms with E-state index in [0.29, 0.717) is 12.1 Å². The zero-order chi connectivity index (χ0) is 14.0. The fourth-order valence-corrected chi connectivity index (χ4v) is 1.79. The van der Waals surface area contributed by atoms with E-state index < -0.39 is 6.36 Å². The van der Waals surface area contributed by atoms with E-state index in [1.54, 1.807) is 29.9 Å². The summed E-state index contributed by atoms with van der Waals surface area (Å²) < 4.78 is 42.1. The third-order valence-corrected chi connectivity index (χ3v) is 2.73. The first-order chi connectivity index (χ1) is 8.85. The van der Waals surface area contributed by atoms with Crippen LogP contribution in [-0.4, -0.2) is 16.1 Å². The van der Waals surface area contributed by atoms with Crippen LogP contribution in [0.15, 0.2) is 30.5 Å². The normalized spacial score (nSPS) is 11.6. The number of aromatic nitrogens is 2. The van der Waals surface area contributed by atoms with Crippen LogP contribution < -0.4 is 4.74 Å². The molecule has 0 N–H and O–H groups in total. The van der Waals surface area contributed by atoms with Crippen LogP contribution in [0.5, 0.6) is 5.75 Å². The van der Waals surface area contributed by atoms with Gasteiger partial charge < -0.3 is 4.74 Å². The molecule has 0 saturated heterocycles. The van der Waals surface area contributed by atoms with E-state index in [4.69, 9.17) is 0 Å². The van der Waals surface area contributed by atoms with Gasteiger partial charge in [-0.05, 0) is 37.1 Å². The van der Waals surface area contributed by atoms with Crippen LogP contribution >= 0.6 is 0 Å². The van der Waals surface area contributed by atoms with Gasteiger partial charge in [0.05, 0.1) is 6.54 Å². The van der Waals surface area contributed by atoms with Crippen molar-refractivity contribution in [2.45, 2.75) is 26.8 Å². The van der Waals surface area contributed by atoms with Gasteiger partial charge in [0.15, 0.2) is 0 Å². The number of ether oxygens (including phenoxy) is 1. The Morgan fingerprint density at radius 3 is 2.47 bits per heavy atom. The van der Waals surface area contributed by atoms with E-state index in [-0.39, 0.29) is 5.75 Å². The first-order valence-electron chi connectivity index (χ1n) is 5.69. The highest BCUT2D eigenvalue weighted by Crippen LogP contribution is 2.26. The Morgan fingerprint density at radius 1 is 1.21 bits per heavy atom. The summed E-state index contributed by atoms with van der Waals surface area (Å²) in [4.78, 5) is 0. The van der Waals surface area contributed by atoms with Crippen molar-refractivity contribution in [1.29, 1.82) is 0 Å². The van der Waals surface area contributed by atoms with Crippen molar-refractivity contribution in [3.05, 3.63) is 47.3 Å². The molecule has 0 atom stereocenters. The van der Waals surface area contributed by atoms with Gasteiger partial charge in [-0.3, -0.25) is 4.68 Å². The number of halogens is 3. The molecule has 0 amide bonds. The SMILES string of the molecule is Cc1cc(Cn2nccc2C)ccc1OC(F)(F)F. The molecule has 0 aliphatic heterocycles. The highest BCUT2D eigenvalue weighted by molar-refractivity contribution is 5.36. The van der Waals surface area contributed by atoms with Crippen LogP contribution in [0.2, 0.25) is 0 Å². The topological polar surface area (TPSA) is 27.1 Å². The molecule has 0 radical (unpaired) electrons. The van der Waals surface area contributed by atoms with Crippen molar-refractivity contribution in [3.63, 3.8) is 0 Å². The lowest BCUT2D eigenvalue weighted by molar-refractivity contribution is -0.274. The molecule has 102 valence electrons. The smallest absolute Gasteiger partial charge is 0.406 e. The first-order valence-corrected chi connectivity index (χ1v) is 5.69. The van der Waals surface area contributed by atoms with Crippen molar-refractivity contribution in [2.24, 2.45) is 0 Å². The Balaban J connectivity index is 2.17. The van der Waals surface area contributed by atoms with Gasteiger partial charge in [-0.15, -0.1) is 13.2 Å². The molecule has 0 spiro atoms. The van der Waals surface area contributed by atoms with Gasteiger partial charge in [-0.2, -0.15) is 5.10 Å². The van der Waals surface area contributed by atoms with E-state index in [0.717, 1.165) is 11.3 Å². The molecular weight excluding hydrogens is 257 g/mol. The highest BCUT2D eigenvalue weighted by atomic mass is 19.4. The third-order valence-electron chi connectivity index (χ3n) is 2.73. The van der Waals surface area contributed by atoms with Crippen LogP contribution in [0, 0.1) is 13.8 Å². The first kappa shape index (κ1) is 13.5. The Labute approximate surface area is 108 Å². The lowest BCUT2D eigenvalue weighted by atomic mass is 10.1. The van der Waals surface area contributed by atoms with Crippen molar-refractivity contribution < 1.29 is 17.9 Å². The van der Waals surface area contributed by atoms with Crippen LogP contribution in [0.4, 0.5) is 13.2 Å². The van der Waals surface area contributed by atoms with Crippen molar-refractivity contribution in [1.82, 2.24) is 9.78 Å². The summed E-state index contributed by atoms with van der Waals surface area (Å²) in [5, 5.41) is 4.13. The second-order valence-electron chi connectivity index (χ2n) is 4.28. The van der Waals surface area contributed by atoms with Crippen LogP contribution in [0.25, 0.3) is 0 Å². The molecule has 19 heavy (non-hydrogen) atoms. The van der Waals surface area contributed by atoms with Gasteiger partial charge in [0.25, 0.3) is 0 Å². The number of hydrogen-bond donors (Lipinski definition) is 0. The minimum atomic E-state index is -4.66. The van der Waals surface area contributed by atoms with E-state index in [1.165, 1.54) is 6.07 Å². The molecule has 2 rings (SSSR count). The lowest BCUT2D eigenvalue weighted by Gasteiger charge is -2.12. The summed E-state index contributed by atoms with van der Waals surface area (Å²) in [6.45, 7) is 4.02. The van der Waals surface area contributed by atoms with Crippen LogP contribution in [-0.2, 0) is 6.54 Å². The zero-order valence-electron chi connectivity index (χ0n) is 10.5. The Hall–Kier alpha value is -1.98. The molecule has 2 aromatic rings. The maximum atomic E-state index is 12.1. The maximum Gasteiger partial charge on any atom is 0.573 e. The molecule has 3 nitrogen and oxygen atoms in total. The molecule has 0 aliphatic carbocycles. The number of benzene rings is 1. The number of nitrogens with zero attached hydrogens (tertiary/aromatic N) is 2. The summed E-state index contributed by atoms with van der Waals surface area (Å²) >= 11 is 0. The van der Waals surface area contributed by atoms with Gasteiger partial charge >= 0.3 is 6.36 Å². The molecule has 0 bridgehead atoms. The fourth-order valence-electron chi connectivity index (χ4n) is 1.79. The van der Waals surface area contributed by atoms with E-state index in [9.17, 15) is 13.2 Å². The number of rotatable bonds is 3. The summed E-state index contributed by atoms with van der Waals surface area (Å²) in [6, 6.07) is 6.47. The third kappa shape index (κ3) is 3.49. The summed E-state index contributed by atoms with van der Waals surface area (Å²) in [5.41, 5.74) is 2.31. The average molecular weight is 270 g/mol. The standard InChI is InChI=1S/C13H13F3N2O/c1-9-7-11(8-18-10(2)5-6-17-18)3-4-12(9)19-13(14,15)16/h3-7H,8H2,1-2H3. The molecule has 0 aliphatic rings. The zero-order valence-corrected chi connectivity index (χ0v) is 10.5. The molecule has 1 heterocycles. The fraction of sp³-hybridized carbons (Fsp3) is 0.308. The quantitative estimate of drug-likeness (QED) is 0.854. The average Bonchev–Trinajstić information content (AvgIpc) is 2.67. The van der Waals surface area contributed by atoms with Crippen molar-refractivity contribution in [2.75, 3.05) is 0 Å². The second kappa shape index (κ2) is 4.95. The monoisotopic (exact) mass is 270 g/mol. The van der Waals surface area contributed by atoms with Crippen molar-refractivity contribution in [3.8, 4) is 5.75 Å². The van der Waals surface area contributed by atoms with Gasteiger partial charge in [0, 0.05) is 11.9 Å². The number of aryl methyl sites for hydroxylation is 2. The molecule has 0 unspecified atom stereocenters. The largest absolute Gasteiger partial charge is 0.573 e. The molecule has 1 aromatic carbocycles. The van der Waals surface area contributed by atoms with E-state index >= 15 is 0 Å². The lowest BCUT2D eigenvalue weighted by Crippen LogP contribution is -2.17. The van der Waals surface area contributed by atoms with Gasteiger partial charge in [-0.25, -0.2) is 0 Å². The van der Waals surface area contributed by atoms with Crippen LogP contribution in [0.3, 0.4) is 0 Å². The van der Waals surface area contributed by atoms with Gasteiger partial charge in [-0.1, -0.05) is 12.1 Å². The Morgan fingerprint density at radius 2 is 1.95 bits per heavy atom. The minimum absolute atomic E-state index is 0.173. The van der Waals surface area contributed by atoms with Crippen LogP contribution in [0.1, 0.15) is 16.8 Å². The Bertz CT molecular complexity index is 576. The van der Waals surface area contributed by atoms with Crippen molar-refractivity contribution >= 4 is 0 Å². The van der Waals surface area contributed by atoms with E-state index in [1.807, 2.05) is 13.0 Å². The summed E-state index contributed by atoms with van der Waals surface area (Å²) in [6.07, 6.45) is -2.98. The van der Waals surface area contributed by atoms with Gasteiger partial charge in [0.1, 0.15) is 5.75 Å². The Kier molecular flexibility index (Phi) is 3.50. The molecular formula is C13H13F3N2O. The predicted octanol–water partition coefficient (Wildman–Crippen LogP) is 3.45. The highest BCUT2D eigenvalue weighted by Gasteiger charge is 2.31. The van der Waals surface area contributed by atoms with E-state index in [2.05, 4.69) is 9.84 Å². The maximum absolute atomic E-state index is 12.1. The number of alkyl halides is 3. The molecule has 0 fully saturated rings. The molecule has 6 heteroatoms. The number of hydrogen-bond acceptors (Lipinski definition) is 2. The predicted molar refractivity (Wildman–Crippen MR) is 63.9 cm³/mol. The van der Waals surface area contributed by atoms with Gasteiger partial charge in [0.2, 0.25) is 0 Å². The molecule has 1 aromatic heterocycles. The molecule has 0 saturated carbocycles. The second-order valence-corrected chi connectivity index (χ2v) is 4.28. The minimum Gasteiger partial charge on any atom is -0.406 e. The summed E-state index contributed by atoms with van der Waals surface area (Å²) in [5.74, 6) is -0.173.